The fourth-order valence-corrected chi connectivity index (χ4v) is 1.86. The number of ether oxygens (including phenoxy) is 1. The van der Waals surface area contributed by atoms with Gasteiger partial charge in [-0.1, -0.05) is 0 Å². The maximum absolute atomic E-state index is 5.50. The highest BCUT2D eigenvalue weighted by Gasteiger charge is 2.22. The van der Waals surface area contributed by atoms with Crippen LogP contribution in [0.5, 0.6) is 0 Å². The van der Waals surface area contributed by atoms with E-state index in [0.717, 1.165) is 19.1 Å². The summed E-state index contributed by atoms with van der Waals surface area (Å²) in [6, 6.07) is 0.660. The van der Waals surface area contributed by atoms with E-state index in [-0.39, 0.29) is 0 Å². The summed E-state index contributed by atoms with van der Waals surface area (Å²) in [5.41, 5.74) is 0. The lowest BCUT2D eigenvalue weighted by Gasteiger charge is -2.17. The molecule has 2 atom stereocenters. The largest absolute Gasteiger partial charge is 0.380 e. The quantitative estimate of drug-likeness (QED) is 0.538. The lowest BCUT2D eigenvalue weighted by molar-refractivity contribution is 0.0889. The second-order valence-electron chi connectivity index (χ2n) is 3.42. The van der Waals surface area contributed by atoms with E-state index >= 15 is 0 Å². The van der Waals surface area contributed by atoms with E-state index in [1.54, 1.807) is 0 Å². The van der Waals surface area contributed by atoms with E-state index in [1.807, 2.05) is 0 Å². The molecule has 0 spiro atoms. The molecule has 0 radical (unpaired) electrons. The summed E-state index contributed by atoms with van der Waals surface area (Å²) in [5, 5.41) is 3.49. The predicted octanol–water partition coefficient (Wildman–Crippen LogP) is 0.775. The van der Waals surface area contributed by atoms with E-state index in [0.29, 0.717) is 6.04 Å². The van der Waals surface area contributed by atoms with Crippen LogP contribution in [0.25, 0.3) is 0 Å². The molecule has 2 unspecified atom stereocenters. The molecule has 58 valence electrons. The molecular formula is C8H15NO. The van der Waals surface area contributed by atoms with Crippen LogP contribution in [0.2, 0.25) is 0 Å². The first-order valence-corrected chi connectivity index (χ1v) is 4.26. The molecule has 0 aromatic rings. The molecule has 2 saturated heterocycles. The second-order valence-corrected chi connectivity index (χ2v) is 3.42. The number of hydrogen-bond acceptors (Lipinski definition) is 2. The summed E-state index contributed by atoms with van der Waals surface area (Å²) < 4.78 is 5.50. The fourth-order valence-electron chi connectivity index (χ4n) is 1.86. The topological polar surface area (TPSA) is 21.3 Å². The molecule has 2 bridgehead atoms. The third-order valence-electron chi connectivity index (χ3n) is 2.58. The predicted molar refractivity (Wildman–Crippen MR) is 40.0 cm³/mol. The minimum Gasteiger partial charge on any atom is -0.380 e. The van der Waals surface area contributed by atoms with Crippen LogP contribution in [0.15, 0.2) is 0 Å². The van der Waals surface area contributed by atoms with Gasteiger partial charge in [0.05, 0.1) is 6.61 Å². The smallest absolute Gasteiger partial charge is 0.0619 e. The van der Waals surface area contributed by atoms with Gasteiger partial charge in [-0.3, -0.25) is 0 Å². The van der Waals surface area contributed by atoms with Crippen molar-refractivity contribution in [3.8, 4) is 0 Å². The third kappa shape index (κ3) is 1.32. The third-order valence-corrected chi connectivity index (χ3v) is 2.58. The van der Waals surface area contributed by atoms with Gasteiger partial charge in [0.1, 0.15) is 0 Å². The van der Waals surface area contributed by atoms with Gasteiger partial charge in [-0.2, -0.15) is 0 Å². The van der Waals surface area contributed by atoms with Gasteiger partial charge < -0.3 is 10.1 Å². The Morgan fingerprint density at radius 1 is 1.10 bits per heavy atom. The molecule has 10 heavy (non-hydrogen) atoms. The summed E-state index contributed by atoms with van der Waals surface area (Å²) in [7, 11) is 0. The Bertz CT molecular complexity index is 93.8. The first-order valence-electron chi connectivity index (χ1n) is 4.26. The molecule has 0 aromatic carbocycles. The van der Waals surface area contributed by atoms with Crippen LogP contribution in [0.1, 0.15) is 19.3 Å². The van der Waals surface area contributed by atoms with Crippen LogP contribution < -0.4 is 5.32 Å². The normalized spacial score (nSPS) is 40.8. The van der Waals surface area contributed by atoms with Crippen LogP contribution >= 0.6 is 0 Å². The second kappa shape index (κ2) is 2.89. The van der Waals surface area contributed by atoms with E-state index in [4.69, 9.17) is 4.74 Å². The fraction of sp³-hybridized carbons (Fsp3) is 1.00. The van der Waals surface area contributed by atoms with Crippen LogP contribution in [-0.2, 0) is 4.74 Å². The molecule has 2 nitrogen and oxygen atoms in total. The standard InChI is InChI=1S/C8H15NO/c1-2-8-6-10-5-7(1)3-4-9-8/h7-9H,1-6H2. The molecular weight excluding hydrogens is 126 g/mol. The first kappa shape index (κ1) is 6.62. The molecule has 2 fully saturated rings. The van der Waals surface area contributed by atoms with Gasteiger partial charge >= 0.3 is 0 Å². The van der Waals surface area contributed by atoms with Crippen molar-refractivity contribution in [2.24, 2.45) is 5.92 Å². The molecule has 0 aromatic heterocycles. The van der Waals surface area contributed by atoms with Gasteiger partial charge in [-0.15, -0.1) is 0 Å². The Morgan fingerprint density at radius 3 is 3.10 bits per heavy atom. The van der Waals surface area contributed by atoms with Crippen molar-refractivity contribution >= 4 is 0 Å². The minimum atomic E-state index is 0.660. The maximum atomic E-state index is 5.50. The Labute approximate surface area is 61.9 Å². The minimum absolute atomic E-state index is 0.660. The van der Waals surface area contributed by atoms with Crippen LogP contribution in [0.4, 0.5) is 0 Å². The number of rotatable bonds is 0. The molecule has 2 aliphatic heterocycles. The van der Waals surface area contributed by atoms with Gasteiger partial charge in [0.15, 0.2) is 0 Å². The lowest BCUT2D eigenvalue weighted by atomic mass is 10.0. The van der Waals surface area contributed by atoms with Gasteiger partial charge in [0.25, 0.3) is 0 Å². The number of hydrogen-bond donors (Lipinski definition) is 1. The average Bonchev–Trinajstić information content (AvgIpc) is 2.17. The van der Waals surface area contributed by atoms with Crippen molar-refractivity contribution in [1.82, 2.24) is 5.32 Å². The summed E-state index contributed by atoms with van der Waals surface area (Å²) in [6.45, 7) is 3.16. The molecule has 2 rings (SSSR count). The highest BCUT2D eigenvalue weighted by Crippen LogP contribution is 2.20. The number of fused-ring (bicyclic) bond motifs is 3. The van der Waals surface area contributed by atoms with Gasteiger partial charge in [-0.25, -0.2) is 0 Å². The number of nitrogens with one attached hydrogen (secondary N) is 1. The molecule has 0 saturated carbocycles. The summed E-state index contributed by atoms with van der Waals surface area (Å²) in [5.74, 6) is 0.847. The van der Waals surface area contributed by atoms with Crippen molar-refractivity contribution in [2.75, 3.05) is 19.8 Å². The van der Waals surface area contributed by atoms with Crippen LogP contribution in [-0.4, -0.2) is 25.8 Å². The lowest BCUT2D eigenvalue weighted by Crippen LogP contribution is -2.33. The highest BCUT2D eigenvalue weighted by atomic mass is 16.5. The molecule has 0 amide bonds. The Hall–Kier alpha value is -0.0800. The summed E-state index contributed by atoms with van der Waals surface area (Å²) >= 11 is 0. The van der Waals surface area contributed by atoms with E-state index in [9.17, 15) is 0 Å². The van der Waals surface area contributed by atoms with Crippen molar-refractivity contribution in [1.29, 1.82) is 0 Å². The molecule has 2 aliphatic rings. The summed E-state index contributed by atoms with van der Waals surface area (Å²) in [6.07, 6.45) is 4.01. The van der Waals surface area contributed by atoms with Gasteiger partial charge in [0, 0.05) is 12.6 Å². The van der Waals surface area contributed by atoms with Crippen LogP contribution in [0, 0.1) is 5.92 Å². The highest BCUT2D eigenvalue weighted by molar-refractivity contribution is 4.77. The summed E-state index contributed by atoms with van der Waals surface area (Å²) in [4.78, 5) is 0. The van der Waals surface area contributed by atoms with Crippen molar-refractivity contribution in [3.63, 3.8) is 0 Å². The maximum Gasteiger partial charge on any atom is 0.0619 e. The van der Waals surface area contributed by atoms with E-state index in [1.165, 1.54) is 25.8 Å². The molecule has 2 heterocycles. The van der Waals surface area contributed by atoms with Crippen LogP contribution in [0.3, 0.4) is 0 Å². The van der Waals surface area contributed by atoms with Crippen molar-refractivity contribution in [3.05, 3.63) is 0 Å². The molecule has 2 heteroatoms. The molecule has 1 N–H and O–H groups in total. The van der Waals surface area contributed by atoms with Gasteiger partial charge in [-0.05, 0) is 31.7 Å². The Morgan fingerprint density at radius 2 is 2.10 bits per heavy atom. The zero-order chi connectivity index (χ0) is 6.81. The monoisotopic (exact) mass is 141 g/mol. The zero-order valence-corrected chi connectivity index (χ0v) is 6.31. The van der Waals surface area contributed by atoms with Crippen molar-refractivity contribution < 1.29 is 4.74 Å². The Kier molecular flexibility index (Phi) is 1.91. The van der Waals surface area contributed by atoms with Crippen molar-refractivity contribution in [2.45, 2.75) is 25.3 Å². The van der Waals surface area contributed by atoms with Gasteiger partial charge in [0.2, 0.25) is 0 Å². The zero-order valence-electron chi connectivity index (χ0n) is 6.31. The average molecular weight is 141 g/mol. The Balaban J connectivity index is 2.01. The van der Waals surface area contributed by atoms with E-state index in [2.05, 4.69) is 5.32 Å². The first-order chi connectivity index (χ1) is 4.95. The van der Waals surface area contributed by atoms with E-state index < -0.39 is 0 Å². The molecule has 0 aliphatic carbocycles. The SMILES string of the molecule is C1CC2CCC(COC2)N1.